The summed E-state index contributed by atoms with van der Waals surface area (Å²) in [5.74, 6) is 3.07. The fraction of sp³-hybridized carbons (Fsp3) is 0.364. The fourth-order valence-corrected chi connectivity index (χ4v) is 3.08. The Morgan fingerprint density at radius 2 is 1.89 bits per heavy atom. The van der Waals surface area contributed by atoms with Crippen molar-refractivity contribution in [1.82, 2.24) is 5.32 Å². The van der Waals surface area contributed by atoms with Gasteiger partial charge < -0.3 is 15.1 Å². The molecule has 5 nitrogen and oxygen atoms in total. The van der Waals surface area contributed by atoms with Crippen LogP contribution < -0.4 is 10.6 Å². The number of nitrogens with one attached hydrogen (secondary N) is 2. The first kappa shape index (κ1) is 17.6. The van der Waals surface area contributed by atoms with E-state index in [0.717, 1.165) is 29.9 Å². The fourth-order valence-electron chi connectivity index (χ4n) is 3.08. The third-order valence-electron chi connectivity index (χ3n) is 5.16. The van der Waals surface area contributed by atoms with Gasteiger partial charge in [-0.1, -0.05) is 19.1 Å². The number of rotatable bonds is 7. The van der Waals surface area contributed by atoms with E-state index in [1.807, 2.05) is 36.4 Å². The van der Waals surface area contributed by atoms with Crippen molar-refractivity contribution in [2.75, 3.05) is 5.32 Å². The van der Waals surface area contributed by atoms with Crippen molar-refractivity contribution in [3.8, 4) is 0 Å². The maximum Gasteiger partial charge on any atom is 0.244 e. The van der Waals surface area contributed by atoms with Crippen molar-refractivity contribution < 1.29 is 14.0 Å². The molecule has 2 N–H and O–H groups in total. The van der Waals surface area contributed by atoms with Crippen LogP contribution >= 0.6 is 0 Å². The van der Waals surface area contributed by atoms with E-state index in [-0.39, 0.29) is 17.7 Å². The van der Waals surface area contributed by atoms with Gasteiger partial charge in [0.25, 0.3) is 0 Å². The molecule has 4 rings (SSSR count). The molecule has 1 aromatic carbocycles. The summed E-state index contributed by atoms with van der Waals surface area (Å²) in [5, 5.41) is 5.76. The lowest BCUT2D eigenvalue weighted by atomic mass is 10.2. The van der Waals surface area contributed by atoms with Gasteiger partial charge in [-0.2, -0.15) is 0 Å². The molecule has 140 valence electrons. The second-order valence-electron chi connectivity index (χ2n) is 7.57. The van der Waals surface area contributed by atoms with Crippen molar-refractivity contribution in [2.24, 2.45) is 11.8 Å². The average molecular weight is 364 g/mol. The Morgan fingerprint density at radius 3 is 2.56 bits per heavy atom. The van der Waals surface area contributed by atoms with Gasteiger partial charge in [-0.25, -0.2) is 0 Å². The molecule has 0 unspecified atom stereocenters. The van der Waals surface area contributed by atoms with Gasteiger partial charge in [0.2, 0.25) is 11.8 Å². The summed E-state index contributed by atoms with van der Waals surface area (Å²) in [6, 6.07) is 11.4. The molecule has 0 aliphatic heterocycles. The molecule has 2 aliphatic rings. The Balaban J connectivity index is 1.23. The van der Waals surface area contributed by atoms with E-state index in [4.69, 9.17) is 4.42 Å². The van der Waals surface area contributed by atoms with Crippen LogP contribution in [0.2, 0.25) is 0 Å². The molecule has 2 aliphatic carbocycles. The minimum Gasteiger partial charge on any atom is -0.461 e. The number of carbonyl (C=O) groups is 2. The summed E-state index contributed by atoms with van der Waals surface area (Å²) in [7, 11) is 0. The Hall–Kier alpha value is -2.82. The lowest BCUT2D eigenvalue weighted by molar-refractivity contribution is -0.117. The van der Waals surface area contributed by atoms with Crippen molar-refractivity contribution in [3.05, 3.63) is 59.6 Å². The van der Waals surface area contributed by atoms with E-state index < -0.39 is 0 Å². The summed E-state index contributed by atoms with van der Waals surface area (Å²) in [6.45, 7) is 2.65. The summed E-state index contributed by atoms with van der Waals surface area (Å²) in [4.78, 5) is 23.7. The van der Waals surface area contributed by atoms with Crippen LogP contribution in [0, 0.1) is 11.8 Å². The highest BCUT2D eigenvalue weighted by Gasteiger charge is 2.36. The molecular formula is C22H24N2O3. The standard InChI is InChI=1S/C22H24N2O3/c1-14-12-19(14)20-10-8-18(27-20)9-11-21(25)23-13-15-2-6-17(7-3-15)24-22(26)16-4-5-16/h2-3,6-11,14,16,19H,4-5,12-13H2,1H3,(H,23,25)(H,24,26)/b11-9+/t14-,19-/m1/s1. The molecular weight excluding hydrogens is 340 g/mol. The highest BCUT2D eigenvalue weighted by atomic mass is 16.3. The largest absolute Gasteiger partial charge is 0.461 e. The lowest BCUT2D eigenvalue weighted by Gasteiger charge is -2.06. The molecule has 2 atom stereocenters. The summed E-state index contributed by atoms with van der Waals surface area (Å²) >= 11 is 0. The van der Waals surface area contributed by atoms with E-state index in [2.05, 4.69) is 17.6 Å². The van der Waals surface area contributed by atoms with Crippen LogP contribution in [0.15, 0.2) is 46.9 Å². The zero-order valence-corrected chi connectivity index (χ0v) is 15.4. The van der Waals surface area contributed by atoms with Gasteiger partial charge in [0.1, 0.15) is 11.5 Å². The Kier molecular flexibility index (Phi) is 4.84. The molecule has 1 heterocycles. The second kappa shape index (κ2) is 7.43. The number of furan rings is 1. The van der Waals surface area contributed by atoms with Gasteiger partial charge in [-0.15, -0.1) is 0 Å². The molecule has 0 spiro atoms. The van der Waals surface area contributed by atoms with Crippen molar-refractivity contribution in [1.29, 1.82) is 0 Å². The first-order chi connectivity index (χ1) is 13.1. The first-order valence-corrected chi connectivity index (χ1v) is 9.54. The van der Waals surface area contributed by atoms with Gasteiger partial charge in [0.05, 0.1) is 0 Å². The number of benzene rings is 1. The Labute approximate surface area is 158 Å². The minimum absolute atomic E-state index is 0.0958. The lowest BCUT2D eigenvalue weighted by Crippen LogP contribution is -2.20. The maximum atomic E-state index is 12.0. The molecule has 0 bridgehead atoms. The van der Waals surface area contributed by atoms with Gasteiger partial charge >= 0.3 is 0 Å². The number of hydrogen-bond acceptors (Lipinski definition) is 3. The predicted octanol–water partition coefficient (Wildman–Crippen LogP) is 4.08. The smallest absolute Gasteiger partial charge is 0.244 e. The van der Waals surface area contributed by atoms with Crippen LogP contribution in [-0.2, 0) is 16.1 Å². The minimum atomic E-state index is -0.168. The van der Waals surface area contributed by atoms with E-state index in [0.29, 0.717) is 24.1 Å². The number of hydrogen-bond donors (Lipinski definition) is 2. The molecule has 5 heteroatoms. The maximum absolute atomic E-state index is 12.0. The molecule has 2 amide bonds. The molecule has 2 fully saturated rings. The third-order valence-corrected chi connectivity index (χ3v) is 5.16. The van der Waals surface area contributed by atoms with Crippen molar-refractivity contribution >= 4 is 23.6 Å². The van der Waals surface area contributed by atoms with Crippen LogP contribution in [0.1, 0.15) is 49.2 Å². The van der Waals surface area contributed by atoms with Crippen LogP contribution in [-0.4, -0.2) is 11.8 Å². The number of carbonyl (C=O) groups excluding carboxylic acids is 2. The topological polar surface area (TPSA) is 71.3 Å². The van der Waals surface area contributed by atoms with Crippen molar-refractivity contribution in [2.45, 2.75) is 38.6 Å². The molecule has 2 aromatic rings. The third kappa shape index (κ3) is 4.67. The normalized spacial score (nSPS) is 21.2. The number of amides is 2. The zero-order valence-electron chi connectivity index (χ0n) is 15.4. The van der Waals surface area contributed by atoms with E-state index in [1.165, 1.54) is 12.5 Å². The van der Waals surface area contributed by atoms with Gasteiger partial charge in [0, 0.05) is 30.1 Å². The van der Waals surface area contributed by atoms with E-state index in [9.17, 15) is 9.59 Å². The molecule has 0 saturated heterocycles. The van der Waals surface area contributed by atoms with Crippen LogP contribution in [0.3, 0.4) is 0 Å². The molecule has 0 radical (unpaired) electrons. The van der Waals surface area contributed by atoms with Crippen LogP contribution in [0.4, 0.5) is 5.69 Å². The van der Waals surface area contributed by atoms with Gasteiger partial charge in [0.15, 0.2) is 0 Å². The quantitative estimate of drug-likeness (QED) is 0.727. The summed E-state index contributed by atoms with van der Waals surface area (Å²) in [6.07, 6.45) is 6.34. The van der Waals surface area contributed by atoms with Gasteiger partial charge in [-0.05, 0) is 61.1 Å². The monoisotopic (exact) mass is 364 g/mol. The second-order valence-corrected chi connectivity index (χ2v) is 7.57. The van der Waals surface area contributed by atoms with Crippen LogP contribution in [0.5, 0.6) is 0 Å². The Morgan fingerprint density at radius 1 is 1.15 bits per heavy atom. The SMILES string of the molecule is C[C@@H]1C[C@H]1c1ccc(/C=C/C(=O)NCc2ccc(NC(=O)C3CC3)cc2)o1. The summed E-state index contributed by atoms with van der Waals surface area (Å²) < 4.78 is 5.76. The average Bonchev–Trinajstić information content (AvgIpc) is 3.59. The van der Waals surface area contributed by atoms with Crippen molar-refractivity contribution in [3.63, 3.8) is 0 Å². The first-order valence-electron chi connectivity index (χ1n) is 9.54. The molecule has 1 aromatic heterocycles. The molecule has 27 heavy (non-hydrogen) atoms. The van der Waals surface area contributed by atoms with Gasteiger partial charge in [-0.3, -0.25) is 9.59 Å². The highest BCUT2D eigenvalue weighted by Crippen LogP contribution is 2.47. The Bertz CT molecular complexity index is 862. The number of anilines is 1. The molecule has 2 saturated carbocycles. The van der Waals surface area contributed by atoms with Crippen LogP contribution in [0.25, 0.3) is 6.08 Å². The predicted molar refractivity (Wildman–Crippen MR) is 104 cm³/mol. The van der Waals surface area contributed by atoms with E-state index in [1.54, 1.807) is 6.08 Å². The zero-order chi connectivity index (χ0) is 18.8. The summed E-state index contributed by atoms with van der Waals surface area (Å²) in [5.41, 5.74) is 1.77. The van der Waals surface area contributed by atoms with E-state index >= 15 is 0 Å². The highest BCUT2D eigenvalue weighted by molar-refractivity contribution is 5.94.